The minimum atomic E-state index is -0.254. The lowest BCUT2D eigenvalue weighted by atomic mass is 10.1. The Morgan fingerprint density at radius 2 is 1.63 bits per heavy atom. The lowest BCUT2D eigenvalue weighted by Gasteiger charge is -2.15. The topological polar surface area (TPSA) is 108 Å². The Labute approximate surface area is 250 Å². The number of aryl methyl sites for hydroxylation is 1. The molecule has 0 spiro atoms. The van der Waals surface area contributed by atoms with E-state index in [-0.39, 0.29) is 11.8 Å². The molecule has 1 saturated carbocycles. The number of piperidine rings is 1. The maximum Gasteiger partial charge on any atom is 0.255 e. The maximum absolute atomic E-state index is 13.1. The van der Waals surface area contributed by atoms with E-state index >= 15 is 0 Å². The van der Waals surface area contributed by atoms with Crippen LogP contribution in [0.2, 0.25) is 0 Å². The summed E-state index contributed by atoms with van der Waals surface area (Å²) in [6.07, 6.45) is 1.26. The van der Waals surface area contributed by atoms with Gasteiger partial charge in [-0.15, -0.1) is 0 Å². The molecule has 2 amide bonds. The highest BCUT2D eigenvalue weighted by Gasteiger charge is 2.47. The van der Waals surface area contributed by atoms with Gasteiger partial charge in [-0.3, -0.25) is 9.59 Å². The summed E-state index contributed by atoms with van der Waals surface area (Å²) in [5.74, 6) is 1.56. The molecule has 3 atom stereocenters. The molecule has 214 valence electrons. The molecule has 8 nitrogen and oxygen atoms in total. The summed E-state index contributed by atoms with van der Waals surface area (Å²) >= 11 is 0. The summed E-state index contributed by atoms with van der Waals surface area (Å²) in [7, 11) is 0. The van der Waals surface area contributed by atoms with Crippen molar-refractivity contribution in [3.05, 3.63) is 114 Å². The Morgan fingerprint density at radius 3 is 2.40 bits per heavy atom. The number of aromatic nitrogens is 2. The normalized spacial score (nSPS) is 18.6. The molecular weight excluding hydrogens is 536 g/mol. The van der Waals surface area contributed by atoms with Gasteiger partial charge in [-0.2, -0.15) is 0 Å². The third-order valence-corrected chi connectivity index (χ3v) is 8.42. The van der Waals surface area contributed by atoms with Crippen molar-refractivity contribution in [2.24, 2.45) is 11.8 Å². The molecule has 3 unspecified atom stereocenters. The first-order valence-corrected chi connectivity index (χ1v) is 14.6. The monoisotopic (exact) mass is 568 g/mol. The van der Waals surface area contributed by atoms with Crippen LogP contribution in [0.3, 0.4) is 0 Å². The van der Waals surface area contributed by atoms with E-state index < -0.39 is 0 Å². The number of carbonyl (C=O) groups excluding carboxylic acids is 2. The van der Waals surface area contributed by atoms with Crippen molar-refractivity contribution in [1.82, 2.24) is 20.6 Å². The summed E-state index contributed by atoms with van der Waals surface area (Å²) in [6.45, 7) is 3.58. The average molecular weight is 569 g/mol. The van der Waals surface area contributed by atoms with Gasteiger partial charge in [-0.25, -0.2) is 9.97 Å². The molecule has 5 aromatic rings. The van der Waals surface area contributed by atoms with E-state index in [9.17, 15) is 9.59 Å². The molecule has 1 aromatic heterocycles. The molecule has 7 rings (SSSR count). The molecule has 2 fully saturated rings. The fourth-order valence-corrected chi connectivity index (χ4v) is 5.86. The molecule has 0 radical (unpaired) electrons. The Hall–Kier alpha value is -5.08. The summed E-state index contributed by atoms with van der Waals surface area (Å²) < 4.78 is 0. The van der Waals surface area contributed by atoms with Crippen LogP contribution in [0.5, 0.6) is 0 Å². The third kappa shape index (κ3) is 5.69. The first kappa shape index (κ1) is 26.8. The van der Waals surface area contributed by atoms with Gasteiger partial charge in [0.25, 0.3) is 11.8 Å². The van der Waals surface area contributed by atoms with Crippen LogP contribution in [-0.2, 0) is 0 Å². The van der Waals surface area contributed by atoms with Crippen molar-refractivity contribution < 1.29 is 9.59 Å². The number of carbonyl (C=O) groups is 2. The maximum atomic E-state index is 13.1. The lowest BCUT2D eigenvalue weighted by Crippen LogP contribution is -2.39. The fraction of sp³-hybridized carbons (Fsp3) is 0.200. The zero-order chi connectivity index (χ0) is 29.3. The van der Waals surface area contributed by atoms with E-state index in [2.05, 4.69) is 21.3 Å². The summed E-state index contributed by atoms with van der Waals surface area (Å²) in [5.41, 5.74) is 5.97. The fourth-order valence-electron chi connectivity index (χ4n) is 5.86. The summed E-state index contributed by atoms with van der Waals surface area (Å²) in [4.78, 5) is 35.5. The average Bonchev–Trinajstić information content (AvgIpc) is 3.71. The van der Waals surface area contributed by atoms with E-state index in [4.69, 9.17) is 9.97 Å². The van der Waals surface area contributed by atoms with Crippen LogP contribution in [0.1, 0.15) is 32.7 Å². The molecule has 2 aliphatic rings. The van der Waals surface area contributed by atoms with Gasteiger partial charge in [0.1, 0.15) is 0 Å². The molecule has 2 heterocycles. The smallest absolute Gasteiger partial charge is 0.255 e. The zero-order valence-electron chi connectivity index (χ0n) is 23.8. The van der Waals surface area contributed by atoms with Crippen LogP contribution in [0.15, 0.2) is 97.1 Å². The molecule has 8 heteroatoms. The van der Waals surface area contributed by atoms with Gasteiger partial charge in [0.05, 0.1) is 11.2 Å². The van der Waals surface area contributed by atoms with Gasteiger partial charge in [0, 0.05) is 46.0 Å². The van der Waals surface area contributed by atoms with Crippen LogP contribution < -0.4 is 21.3 Å². The minimum Gasteiger partial charge on any atom is -0.350 e. The van der Waals surface area contributed by atoms with E-state index in [1.165, 1.54) is 6.42 Å². The predicted octanol–water partition coefficient (Wildman–Crippen LogP) is 5.94. The first-order valence-electron chi connectivity index (χ1n) is 14.6. The number of nitrogens with zero attached hydrogens (tertiary/aromatic N) is 2. The number of amides is 2. The molecule has 0 bridgehead atoms. The first-order chi connectivity index (χ1) is 21.0. The van der Waals surface area contributed by atoms with Crippen molar-refractivity contribution in [2.75, 3.05) is 23.7 Å². The number of fused-ring (bicyclic) bond motifs is 2. The van der Waals surface area contributed by atoms with Gasteiger partial charge in [0.2, 0.25) is 5.95 Å². The van der Waals surface area contributed by atoms with E-state index in [0.717, 1.165) is 45.9 Å². The Balaban J connectivity index is 1.03. The number of rotatable bonds is 8. The third-order valence-electron chi connectivity index (χ3n) is 8.42. The molecule has 4 aromatic carbocycles. The van der Waals surface area contributed by atoms with Gasteiger partial charge >= 0.3 is 0 Å². The van der Waals surface area contributed by atoms with Gasteiger partial charge in [0.15, 0.2) is 0 Å². The van der Waals surface area contributed by atoms with Crippen LogP contribution in [-0.4, -0.2) is 40.9 Å². The Kier molecular flexibility index (Phi) is 7.04. The van der Waals surface area contributed by atoms with Crippen molar-refractivity contribution >= 4 is 40.0 Å². The number of anilines is 3. The summed E-state index contributed by atoms with van der Waals surface area (Å²) in [6, 6.07) is 30.9. The van der Waals surface area contributed by atoms with Crippen LogP contribution in [0.4, 0.5) is 17.3 Å². The number of para-hydroxylation sites is 1. The minimum absolute atomic E-state index is 0.136. The van der Waals surface area contributed by atoms with E-state index in [0.29, 0.717) is 41.3 Å². The number of hydrogen-bond acceptors (Lipinski definition) is 6. The second kappa shape index (κ2) is 11.3. The standard InChI is InChI=1S/C35H32N6O2/c1-21-11-12-24(33(42)37-20-31-28-17-25(28)19-36-31)18-30(21)39-34(43)23-13-15-26(16-14-23)38-35-40-29-10-6-5-9-27(29)32(41-35)22-7-3-2-4-8-22/h2-16,18,25,28,31,36H,17,19-20H2,1H3,(H,37,42)(H,39,43)(H,38,40,41). The second-order valence-electron chi connectivity index (χ2n) is 11.3. The molecule has 4 N–H and O–H groups in total. The number of benzene rings is 4. The molecule has 1 saturated heterocycles. The number of hydrogen-bond donors (Lipinski definition) is 4. The summed E-state index contributed by atoms with van der Waals surface area (Å²) in [5, 5.41) is 13.8. The van der Waals surface area contributed by atoms with Crippen molar-refractivity contribution in [2.45, 2.75) is 19.4 Å². The molecular formula is C35H32N6O2. The largest absolute Gasteiger partial charge is 0.350 e. The van der Waals surface area contributed by atoms with Gasteiger partial charge in [-0.1, -0.05) is 54.6 Å². The molecule has 1 aliphatic carbocycles. The lowest BCUT2D eigenvalue weighted by molar-refractivity contribution is 0.0948. The zero-order valence-corrected chi connectivity index (χ0v) is 23.8. The quantitative estimate of drug-likeness (QED) is 0.185. The highest BCUT2D eigenvalue weighted by atomic mass is 16.2. The second-order valence-corrected chi connectivity index (χ2v) is 11.3. The van der Waals surface area contributed by atoms with E-state index in [1.807, 2.05) is 79.7 Å². The SMILES string of the molecule is Cc1ccc(C(=O)NCC2NCC3CC32)cc1NC(=O)c1ccc(Nc2nc(-c3ccccc3)c3ccccc3n2)cc1. The van der Waals surface area contributed by atoms with Gasteiger partial charge in [-0.05, 0) is 79.8 Å². The Bertz CT molecular complexity index is 1820. The van der Waals surface area contributed by atoms with Crippen molar-refractivity contribution in [3.8, 4) is 11.3 Å². The van der Waals surface area contributed by atoms with Crippen LogP contribution in [0.25, 0.3) is 22.2 Å². The highest BCUT2D eigenvalue weighted by Crippen LogP contribution is 2.44. The molecule has 43 heavy (non-hydrogen) atoms. The van der Waals surface area contributed by atoms with Crippen LogP contribution in [0, 0.1) is 18.8 Å². The highest BCUT2D eigenvalue weighted by molar-refractivity contribution is 6.06. The Morgan fingerprint density at radius 1 is 0.860 bits per heavy atom. The number of nitrogens with one attached hydrogen (secondary N) is 4. The predicted molar refractivity (Wildman–Crippen MR) is 170 cm³/mol. The van der Waals surface area contributed by atoms with Crippen LogP contribution >= 0.6 is 0 Å². The van der Waals surface area contributed by atoms with E-state index in [1.54, 1.807) is 24.3 Å². The molecule has 1 aliphatic heterocycles. The van der Waals surface area contributed by atoms with Crippen molar-refractivity contribution in [1.29, 1.82) is 0 Å². The van der Waals surface area contributed by atoms with Crippen molar-refractivity contribution in [3.63, 3.8) is 0 Å². The van der Waals surface area contributed by atoms with Gasteiger partial charge < -0.3 is 21.3 Å².